The molecular formula is C40H38N2O5. The molecule has 6 rings (SSSR count). The van der Waals surface area contributed by atoms with E-state index in [0.717, 1.165) is 39.1 Å². The molecule has 0 spiro atoms. The molecule has 0 aromatic heterocycles. The third-order valence-corrected chi connectivity index (χ3v) is 8.28. The van der Waals surface area contributed by atoms with Crippen LogP contribution in [-0.4, -0.2) is 42.8 Å². The molecule has 0 aliphatic carbocycles. The molecule has 0 saturated heterocycles. The van der Waals surface area contributed by atoms with E-state index in [0.29, 0.717) is 37.6 Å². The van der Waals surface area contributed by atoms with Gasteiger partial charge in [0.25, 0.3) is 5.91 Å². The number of amides is 1. The lowest BCUT2D eigenvalue weighted by molar-refractivity contribution is -0.129. The van der Waals surface area contributed by atoms with E-state index in [1.807, 2.05) is 109 Å². The number of benzene rings is 5. The van der Waals surface area contributed by atoms with Crippen LogP contribution in [0.3, 0.4) is 0 Å². The zero-order valence-corrected chi connectivity index (χ0v) is 26.3. The number of nitrogens with zero attached hydrogens (tertiary/aromatic N) is 1. The number of carbonyl (C=O) groups excluding carboxylic acids is 1. The van der Waals surface area contributed by atoms with Crippen molar-refractivity contribution < 1.29 is 24.1 Å². The highest BCUT2D eigenvalue weighted by Crippen LogP contribution is 2.43. The van der Waals surface area contributed by atoms with Gasteiger partial charge < -0.3 is 24.6 Å². The number of hydrogen-bond acceptors (Lipinski definition) is 6. The second-order valence-corrected chi connectivity index (χ2v) is 11.5. The minimum absolute atomic E-state index is 0.0699. The second kappa shape index (κ2) is 14.8. The van der Waals surface area contributed by atoms with Crippen LogP contribution in [0.5, 0.6) is 11.5 Å². The molecule has 5 aromatic rings. The number of hydrogen-bond donors (Lipinski definition) is 2. The quantitative estimate of drug-likeness (QED) is 0.138. The summed E-state index contributed by atoms with van der Waals surface area (Å²) in [6.07, 6.45) is 0.189. The highest BCUT2D eigenvalue weighted by atomic mass is 16.5. The van der Waals surface area contributed by atoms with E-state index in [1.54, 1.807) is 7.11 Å². The predicted octanol–water partition coefficient (Wildman–Crippen LogP) is 6.94. The summed E-state index contributed by atoms with van der Waals surface area (Å²) >= 11 is 0. The maximum absolute atomic E-state index is 14.6. The van der Waals surface area contributed by atoms with Gasteiger partial charge in [-0.2, -0.15) is 0 Å². The van der Waals surface area contributed by atoms with Gasteiger partial charge in [-0.05, 0) is 64.2 Å². The van der Waals surface area contributed by atoms with Crippen molar-refractivity contribution in [2.75, 3.05) is 20.3 Å². The van der Waals surface area contributed by atoms with Gasteiger partial charge in [-0.15, -0.1) is 0 Å². The van der Waals surface area contributed by atoms with E-state index < -0.39 is 11.6 Å². The van der Waals surface area contributed by atoms with Crippen LogP contribution < -0.4 is 14.8 Å². The molecule has 0 saturated carbocycles. The number of aliphatic hydroxyl groups is 1. The van der Waals surface area contributed by atoms with Crippen LogP contribution in [0.4, 0.5) is 0 Å². The Kier molecular flexibility index (Phi) is 9.94. The number of nitrogens with one attached hydrogen (secondary N) is 1. The van der Waals surface area contributed by atoms with Gasteiger partial charge in [0.2, 0.25) is 5.90 Å². The van der Waals surface area contributed by atoms with Crippen molar-refractivity contribution in [1.29, 1.82) is 0 Å². The summed E-state index contributed by atoms with van der Waals surface area (Å²) in [5.41, 5.74) is 4.39. The lowest BCUT2D eigenvalue weighted by Crippen LogP contribution is -2.49. The topological polar surface area (TPSA) is 89.4 Å². The lowest BCUT2D eigenvalue weighted by atomic mass is 9.81. The molecule has 1 heterocycles. The molecule has 1 aliphatic rings. The summed E-state index contributed by atoms with van der Waals surface area (Å²) in [6.45, 7) is 0.813. The molecular weight excluding hydrogens is 588 g/mol. The monoisotopic (exact) mass is 626 g/mol. The van der Waals surface area contributed by atoms with Gasteiger partial charge in [0.1, 0.15) is 11.5 Å². The summed E-state index contributed by atoms with van der Waals surface area (Å²) in [5, 5.41) is 12.3. The van der Waals surface area contributed by atoms with Gasteiger partial charge in [0, 0.05) is 31.6 Å². The van der Waals surface area contributed by atoms with Crippen LogP contribution in [0.15, 0.2) is 138 Å². The number of carbonyl (C=O) groups is 1. The average Bonchev–Trinajstić information content (AvgIpc) is 3.52. The third kappa shape index (κ3) is 7.37. The van der Waals surface area contributed by atoms with Gasteiger partial charge in [-0.25, -0.2) is 4.99 Å². The van der Waals surface area contributed by atoms with E-state index in [-0.39, 0.29) is 12.5 Å². The number of aliphatic hydroxyl groups excluding tert-OH is 1. The van der Waals surface area contributed by atoms with Crippen LogP contribution in [0, 0.1) is 0 Å². The summed E-state index contributed by atoms with van der Waals surface area (Å²) < 4.78 is 17.7. The summed E-state index contributed by atoms with van der Waals surface area (Å²) in [5.74, 6) is 1.59. The average molecular weight is 627 g/mol. The maximum Gasteiger partial charge on any atom is 0.252 e. The van der Waals surface area contributed by atoms with Crippen LogP contribution >= 0.6 is 0 Å². The largest absolute Gasteiger partial charge is 0.497 e. The van der Waals surface area contributed by atoms with E-state index in [1.165, 1.54) is 0 Å². The van der Waals surface area contributed by atoms with Crippen LogP contribution in [0.1, 0.15) is 34.8 Å². The Hall–Kier alpha value is -5.40. The highest BCUT2D eigenvalue weighted by molar-refractivity contribution is 6.01. The van der Waals surface area contributed by atoms with Crippen molar-refractivity contribution in [1.82, 2.24) is 5.32 Å². The van der Waals surface area contributed by atoms with E-state index in [2.05, 4.69) is 29.6 Å². The molecule has 0 bridgehead atoms. The van der Waals surface area contributed by atoms with Crippen molar-refractivity contribution in [3.05, 3.63) is 156 Å². The minimum Gasteiger partial charge on any atom is -0.497 e. The molecule has 1 amide bonds. The molecule has 0 radical (unpaired) electrons. The van der Waals surface area contributed by atoms with Crippen molar-refractivity contribution in [3.8, 4) is 22.6 Å². The van der Waals surface area contributed by atoms with Crippen molar-refractivity contribution >= 4 is 11.8 Å². The number of rotatable bonds is 13. The Morgan fingerprint density at radius 2 is 1.38 bits per heavy atom. The number of ether oxygens (including phenoxy) is 3. The molecule has 7 nitrogen and oxygen atoms in total. The van der Waals surface area contributed by atoms with Crippen molar-refractivity contribution in [2.24, 2.45) is 4.99 Å². The van der Waals surface area contributed by atoms with Gasteiger partial charge in [-0.3, -0.25) is 4.79 Å². The summed E-state index contributed by atoms with van der Waals surface area (Å²) in [6, 6.07) is 43.4. The third-order valence-electron chi connectivity index (χ3n) is 8.28. The van der Waals surface area contributed by atoms with Crippen LogP contribution in [0.2, 0.25) is 0 Å². The first kappa shape index (κ1) is 31.6. The van der Waals surface area contributed by atoms with Crippen LogP contribution in [0.25, 0.3) is 11.1 Å². The SMILES string of the molecule is COc1ccc(CNC(=O)[C@]2(Cc3ccccc3)N=C(c3ccc(OCCCO)cc3)O[C@@H]2c2ccc(-c3ccccc3)cc2)cc1. The van der Waals surface area contributed by atoms with Gasteiger partial charge in [0.15, 0.2) is 11.6 Å². The Labute approximate surface area is 275 Å². The van der Waals surface area contributed by atoms with E-state index in [9.17, 15) is 4.79 Å². The Morgan fingerprint density at radius 3 is 2.04 bits per heavy atom. The Morgan fingerprint density at radius 1 is 0.766 bits per heavy atom. The number of aliphatic imine (C=N–C) groups is 1. The predicted molar refractivity (Wildman–Crippen MR) is 184 cm³/mol. The van der Waals surface area contributed by atoms with E-state index in [4.69, 9.17) is 24.3 Å². The highest BCUT2D eigenvalue weighted by Gasteiger charge is 2.53. The Bertz CT molecular complexity index is 1770. The maximum atomic E-state index is 14.6. The fourth-order valence-electron chi connectivity index (χ4n) is 5.75. The normalized spacial score (nSPS) is 17.0. The van der Waals surface area contributed by atoms with E-state index >= 15 is 0 Å². The first-order valence-electron chi connectivity index (χ1n) is 15.8. The smallest absolute Gasteiger partial charge is 0.252 e. The molecule has 47 heavy (non-hydrogen) atoms. The van der Waals surface area contributed by atoms with Gasteiger partial charge >= 0.3 is 0 Å². The lowest BCUT2D eigenvalue weighted by Gasteiger charge is -2.31. The fraction of sp³-hybridized carbons (Fsp3) is 0.200. The Balaban J connectivity index is 1.38. The molecule has 0 fully saturated rings. The molecule has 7 heteroatoms. The second-order valence-electron chi connectivity index (χ2n) is 11.5. The first-order chi connectivity index (χ1) is 23.1. The molecule has 5 aromatic carbocycles. The standard InChI is InChI=1S/C40H38N2O5/c1-45-35-21-13-30(14-22-35)28-41-39(44)40(27-29-9-4-2-5-10-29)37(33-17-15-32(16-18-33)31-11-6-3-7-12-31)47-38(42-40)34-19-23-36(24-20-34)46-26-8-25-43/h2-7,9-24,37,43H,8,25-28H2,1H3,(H,41,44)/t37-,40-/m1/s1. The molecule has 0 unspecified atom stereocenters. The van der Waals surface area contributed by atoms with Gasteiger partial charge in [-0.1, -0.05) is 97.1 Å². The molecule has 1 aliphatic heterocycles. The summed E-state index contributed by atoms with van der Waals surface area (Å²) in [7, 11) is 1.63. The zero-order valence-electron chi connectivity index (χ0n) is 26.3. The van der Waals surface area contributed by atoms with Crippen LogP contribution in [-0.2, 0) is 22.5 Å². The van der Waals surface area contributed by atoms with Crippen molar-refractivity contribution in [2.45, 2.75) is 31.0 Å². The minimum atomic E-state index is -1.30. The first-order valence-corrected chi connectivity index (χ1v) is 15.8. The fourth-order valence-corrected chi connectivity index (χ4v) is 5.75. The summed E-state index contributed by atoms with van der Waals surface area (Å²) in [4.78, 5) is 19.7. The van der Waals surface area contributed by atoms with Crippen molar-refractivity contribution in [3.63, 3.8) is 0 Å². The molecule has 2 atom stereocenters. The zero-order chi connectivity index (χ0) is 32.5. The molecule has 238 valence electrons. The number of methoxy groups -OCH3 is 1. The molecule has 2 N–H and O–H groups in total. The van der Waals surface area contributed by atoms with Gasteiger partial charge in [0.05, 0.1) is 13.7 Å².